The summed E-state index contributed by atoms with van der Waals surface area (Å²) in [7, 11) is 0. The number of aromatic amines is 1. The summed E-state index contributed by atoms with van der Waals surface area (Å²) in [6.45, 7) is 7.26. The van der Waals surface area contributed by atoms with E-state index in [1.807, 2.05) is 37.3 Å². The Bertz CT molecular complexity index is 1090. The first-order valence-electron chi connectivity index (χ1n) is 9.73. The highest BCUT2D eigenvalue weighted by molar-refractivity contribution is 5.75. The predicted octanol–water partition coefficient (Wildman–Crippen LogP) is 3.28. The van der Waals surface area contributed by atoms with Crippen LogP contribution in [0.1, 0.15) is 45.0 Å². The van der Waals surface area contributed by atoms with Crippen LogP contribution in [-0.4, -0.2) is 25.7 Å². The van der Waals surface area contributed by atoms with Gasteiger partial charge in [-0.25, -0.2) is 9.78 Å². The van der Waals surface area contributed by atoms with Gasteiger partial charge >= 0.3 is 5.69 Å². The van der Waals surface area contributed by atoms with Crippen LogP contribution in [0.3, 0.4) is 0 Å². The molecule has 3 rings (SSSR count). The van der Waals surface area contributed by atoms with E-state index in [9.17, 15) is 9.59 Å². The molecule has 0 aliphatic heterocycles. The largest absolute Gasteiger partial charge is 0.494 e. The Kier molecular flexibility index (Phi) is 6.13. The van der Waals surface area contributed by atoms with Crippen LogP contribution in [0.2, 0.25) is 0 Å². The number of aryl methyl sites for hydroxylation is 1. The summed E-state index contributed by atoms with van der Waals surface area (Å²) >= 11 is 0. The average molecular weight is 382 g/mol. The number of ether oxygens (including phenoxy) is 1. The van der Waals surface area contributed by atoms with Gasteiger partial charge in [-0.05, 0) is 44.0 Å². The summed E-state index contributed by atoms with van der Waals surface area (Å²) in [6, 6.07) is 7.80. The second-order valence-corrected chi connectivity index (χ2v) is 6.50. The number of H-pyrrole nitrogens is 1. The summed E-state index contributed by atoms with van der Waals surface area (Å²) in [5.74, 6) is 1.38. The Labute approximate surface area is 163 Å². The minimum Gasteiger partial charge on any atom is -0.494 e. The molecule has 2 aromatic heterocycles. The number of rotatable bonds is 8. The topological polar surface area (TPSA) is 81.9 Å². The lowest BCUT2D eigenvalue weighted by molar-refractivity contribution is 0.309. The highest BCUT2D eigenvalue weighted by atomic mass is 16.5. The highest BCUT2D eigenvalue weighted by Gasteiger charge is 2.14. The number of nitrogens with zero attached hydrogens (tertiary/aromatic N) is 3. The van der Waals surface area contributed by atoms with E-state index in [0.717, 1.165) is 30.8 Å². The molecule has 1 N–H and O–H groups in total. The summed E-state index contributed by atoms with van der Waals surface area (Å²) in [5.41, 5.74) is 1.06. The Morgan fingerprint density at radius 1 is 1.04 bits per heavy atom. The zero-order chi connectivity index (χ0) is 20.1. The van der Waals surface area contributed by atoms with Crippen molar-refractivity contribution in [2.24, 2.45) is 0 Å². The smallest absolute Gasteiger partial charge is 0.332 e. The Morgan fingerprint density at radius 2 is 1.75 bits per heavy atom. The molecule has 0 saturated heterocycles. The standard InChI is InChI=1S/C21H26N4O3/c1-4-7-14-28-16-11-8-15(9-12-16)10-13-17-22-18-19(23-17)24(5-2)21(27)25(6-3)20(18)26/h8-13H,4-7,14H2,1-3H3,(H,22,23)/b13-10+. The van der Waals surface area contributed by atoms with Gasteiger partial charge in [-0.1, -0.05) is 31.6 Å². The first-order valence-corrected chi connectivity index (χ1v) is 9.73. The minimum atomic E-state index is -0.340. The van der Waals surface area contributed by atoms with Gasteiger partial charge in [0, 0.05) is 13.1 Å². The number of imidazole rings is 1. The quantitative estimate of drug-likeness (QED) is 0.606. The molecular formula is C21H26N4O3. The molecule has 0 amide bonds. The van der Waals surface area contributed by atoms with Crippen molar-refractivity contribution in [3.05, 3.63) is 56.5 Å². The zero-order valence-corrected chi connectivity index (χ0v) is 16.6. The van der Waals surface area contributed by atoms with Crippen molar-refractivity contribution in [3.8, 4) is 5.75 Å². The second-order valence-electron chi connectivity index (χ2n) is 6.50. The highest BCUT2D eigenvalue weighted by Crippen LogP contribution is 2.15. The summed E-state index contributed by atoms with van der Waals surface area (Å²) in [5, 5.41) is 0. The molecule has 0 saturated carbocycles. The third-order valence-electron chi connectivity index (χ3n) is 4.59. The van der Waals surface area contributed by atoms with Crippen LogP contribution < -0.4 is 16.0 Å². The van der Waals surface area contributed by atoms with Crippen molar-refractivity contribution in [1.82, 2.24) is 19.1 Å². The maximum atomic E-state index is 12.5. The molecule has 28 heavy (non-hydrogen) atoms. The van der Waals surface area contributed by atoms with Crippen molar-refractivity contribution >= 4 is 23.3 Å². The molecule has 2 heterocycles. The number of unbranched alkanes of at least 4 members (excludes halogenated alkanes) is 1. The van der Waals surface area contributed by atoms with Crippen LogP contribution in [0.25, 0.3) is 23.3 Å². The van der Waals surface area contributed by atoms with Gasteiger partial charge in [0.2, 0.25) is 0 Å². The predicted molar refractivity (Wildman–Crippen MR) is 112 cm³/mol. The van der Waals surface area contributed by atoms with Crippen LogP contribution in [0, 0.1) is 0 Å². The maximum absolute atomic E-state index is 12.5. The van der Waals surface area contributed by atoms with Crippen molar-refractivity contribution < 1.29 is 4.74 Å². The SMILES string of the molecule is CCCCOc1ccc(/C=C/c2nc3c([nH]2)c(=O)n(CC)c(=O)n3CC)cc1. The van der Waals surface area contributed by atoms with Gasteiger partial charge in [0.1, 0.15) is 17.1 Å². The van der Waals surface area contributed by atoms with E-state index in [1.165, 1.54) is 9.13 Å². The van der Waals surface area contributed by atoms with E-state index in [1.54, 1.807) is 13.0 Å². The molecule has 0 bridgehead atoms. The molecule has 0 atom stereocenters. The van der Waals surface area contributed by atoms with E-state index in [2.05, 4.69) is 16.9 Å². The first-order chi connectivity index (χ1) is 13.6. The van der Waals surface area contributed by atoms with Gasteiger partial charge in [0.05, 0.1) is 6.61 Å². The fourth-order valence-electron chi connectivity index (χ4n) is 3.01. The fraction of sp³-hybridized carbons (Fsp3) is 0.381. The van der Waals surface area contributed by atoms with Crippen LogP contribution in [0.5, 0.6) is 5.75 Å². The van der Waals surface area contributed by atoms with Crippen molar-refractivity contribution in [2.45, 2.75) is 46.7 Å². The van der Waals surface area contributed by atoms with E-state index in [0.29, 0.717) is 30.1 Å². The summed E-state index contributed by atoms with van der Waals surface area (Å²) < 4.78 is 8.39. The number of hydrogen-bond donors (Lipinski definition) is 1. The molecule has 0 aliphatic carbocycles. The van der Waals surface area contributed by atoms with Crippen LogP contribution >= 0.6 is 0 Å². The molecule has 3 aromatic rings. The van der Waals surface area contributed by atoms with Gasteiger partial charge < -0.3 is 9.72 Å². The Hall–Kier alpha value is -3.09. The molecule has 0 unspecified atom stereocenters. The number of fused-ring (bicyclic) bond motifs is 1. The number of nitrogens with one attached hydrogen (secondary N) is 1. The molecule has 0 fully saturated rings. The molecule has 7 heteroatoms. The van der Waals surface area contributed by atoms with Gasteiger partial charge in [-0.15, -0.1) is 0 Å². The lowest BCUT2D eigenvalue weighted by Crippen LogP contribution is -2.39. The lowest BCUT2D eigenvalue weighted by atomic mass is 10.2. The number of benzene rings is 1. The van der Waals surface area contributed by atoms with Crippen molar-refractivity contribution in [1.29, 1.82) is 0 Å². The summed E-state index contributed by atoms with van der Waals surface area (Å²) in [6.07, 6.45) is 5.84. The molecular weight excluding hydrogens is 356 g/mol. The molecule has 148 valence electrons. The summed E-state index contributed by atoms with van der Waals surface area (Å²) in [4.78, 5) is 32.4. The number of aromatic nitrogens is 4. The molecule has 0 spiro atoms. The van der Waals surface area contributed by atoms with Crippen LogP contribution in [-0.2, 0) is 13.1 Å². The third-order valence-corrected chi connectivity index (χ3v) is 4.59. The normalized spacial score (nSPS) is 11.5. The van der Waals surface area contributed by atoms with Gasteiger partial charge in [-0.3, -0.25) is 13.9 Å². The van der Waals surface area contributed by atoms with E-state index in [4.69, 9.17) is 4.74 Å². The van der Waals surface area contributed by atoms with Crippen molar-refractivity contribution in [2.75, 3.05) is 6.61 Å². The van der Waals surface area contributed by atoms with Crippen LogP contribution in [0.15, 0.2) is 33.9 Å². The zero-order valence-electron chi connectivity index (χ0n) is 16.6. The third kappa shape index (κ3) is 3.93. The Morgan fingerprint density at radius 3 is 2.39 bits per heavy atom. The van der Waals surface area contributed by atoms with E-state index >= 15 is 0 Å². The lowest BCUT2D eigenvalue weighted by Gasteiger charge is -2.06. The Balaban J connectivity index is 1.87. The van der Waals surface area contributed by atoms with Gasteiger partial charge in [0.15, 0.2) is 5.65 Å². The fourth-order valence-corrected chi connectivity index (χ4v) is 3.01. The van der Waals surface area contributed by atoms with Crippen LogP contribution in [0.4, 0.5) is 0 Å². The van der Waals surface area contributed by atoms with Gasteiger partial charge in [0.25, 0.3) is 5.56 Å². The number of hydrogen-bond acceptors (Lipinski definition) is 4. The second kappa shape index (κ2) is 8.73. The average Bonchev–Trinajstić information content (AvgIpc) is 3.13. The van der Waals surface area contributed by atoms with E-state index < -0.39 is 0 Å². The molecule has 1 aromatic carbocycles. The first kappa shape index (κ1) is 19.7. The van der Waals surface area contributed by atoms with Crippen molar-refractivity contribution in [3.63, 3.8) is 0 Å². The monoisotopic (exact) mass is 382 g/mol. The molecule has 0 aliphatic rings. The maximum Gasteiger partial charge on any atom is 0.332 e. The minimum absolute atomic E-state index is 0.324. The molecule has 7 nitrogen and oxygen atoms in total. The van der Waals surface area contributed by atoms with Gasteiger partial charge in [-0.2, -0.15) is 0 Å². The molecule has 0 radical (unpaired) electrons. The van der Waals surface area contributed by atoms with E-state index in [-0.39, 0.29) is 11.2 Å².